The van der Waals surface area contributed by atoms with Crippen LogP contribution in [0.1, 0.15) is 31.5 Å². The second-order valence-corrected chi connectivity index (χ2v) is 6.34. The van der Waals surface area contributed by atoms with Crippen molar-refractivity contribution >= 4 is 17.5 Å². The number of amides is 1. The van der Waals surface area contributed by atoms with Crippen molar-refractivity contribution in [3.8, 4) is 0 Å². The molecule has 4 nitrogen and oxygen atoms in total. The molecule has 0 aliphatic carbocycles. The van der Waals surface area contributed by atoms with Gasteiger partial charge in [-0.25, -0.2) is 0 Å². The van der Waals surface area contributed by atoms with E-state index >= 15 is 0 Å². The topological polar surface area (TPSA) is 34.5 Å². The van der Waals surface area contributed by atoms with Crippen molar-refractivity contribution < 1.29 is 9.53 Å². The fraction of sp³-hybridized carbons (Fsp3) is 0.421. The van der Waals surface area contributed by atoms with E-state index in [1.165, 1.54) is 0 Å². The van der Waals surface area contributed by atoms with Gasteiger partial charge in [-0.3, -0.25) is 4.79 Å². The molecule has 1 aromatic heterocycles. The van der Waals surface area contributed by atoms with Gasteiger partial charge >= 0.3 is 0 Å². The number of halogens is 1. The van der Waals surface area contributed by atoms with Crippen LogP contribution in [0.4, 0.5) is 0 Å². The van der Waals surface area contributed by atoms with Crippen LogP contribution in [0.2, 0.25) is 5.02 Å². The van der Waals surface area contributed by atoms with Gasteiger partial charge in [0.25, 0.3) is 0 Å². The Hall–Kier alpha value is -1.78. The molecule has 130 valence electrons. The first kappa shape index (κ1) is 18.6. The van der Waals surface area contributed by atoms with Gasteiger partial charge in [-0.2, -0.15) is 0 Å². The first-order valence-electron chi connectivity index (χ1n) is 8.22. The number of benzene rings is 1. The molecule has 1 unspecified atom stereocenters. The van der Waals surface area contributed by atoms with Crippen molar-refractivity contribution in [2.45, 2.75) is 39.4 Å². The lowest BCUT2D eigenvalue weighted by Crippen LogP contribution is -2.40. The zero-order valence-electron chi connectivity index (χ0n) is 14.5. The molecule has 0 saturated heterocycles. The largest absolute Gasteiger partial charge is 0.375 e. The van der Waals surface area contributed by atoms with Gasteiger partial charge in [-0.15, -0.1) is 0 Å². The van der Waals surface area contributed by atoms with Crippen LogP contribution >= 0.6 is 11.6 Å². The second kappa shape index (κ2) is 8.90. The lowest BCUT2D eigenvalue weighted by molar-refractivity contribution is -0.138. The van der Waals surface area contributed by atoms with Crippen molar-refractivity contribution in [2.24, 2.45) is 0 Å². The Morgan fingerprint density at radius 2 is 2.04 bits per heavy atom. The van der Waals surface area contributed by atoms with Gasteiger partial charge in [0.2, 0.25) is 5.91 Å². The smallest absolute Gasteiger partial charge is 0.249 e. The van der Waals surface area contributed by atoms with Gasteiger partial charge in [0, 0.05) is 36.6 Å². The van der Waals surface area contributed by atoms with E-state index in [0.29, 0.717) is 13.1 Å². The number of methoxy groups -OCH3 is 1. The third-order valence-electron chi connectivity index (χ3n) is 4.27. The van der Waals surface area contributed by atoms with E-state index in [9.17, 15) is 4.79 Å². The lowest BCUT2D eigenvalue weighted by atomic mass is 10.2. The average Bonchev–Trinajstić information content (AvgIpc) is 3.01. The molecule has 0 aliphatic rings. The molecule has 0 aliphatic heterocycles. The number of nitrogens with zero attached hydrogens (tertiary/aromatic N) is 2. The number of rotatable bonds is 8. The highest BCUT2D eigenvalue weighted by Gasteiger charge is 2.20. The minimum atomic E-state index is 0.0114. The standard InChI is InChI=1S/C19H25ClN2O2/c1-4-15(2)22(19(23)14-24-3)13-17-9-7-11-21(17)12-16-8-5-6-10-18(16)20/h5-11,15H,4,12-14H2,1-3H3. The molecular formula is C19H25ClN2O2. The number of hydrogen-bond donors (Lipinski definition) is 0. The highest BCUT2D eigenvalue weighted by molar-refractivity contribution is 6.31. The summed E-state index contributed by atoms with van der Waals surface area (Å²) in [4.78, 5) is 14.2. The highest BCUT2D eigenvalue weighted by Crippen LogP contribution is 2.19. The number of hydrogen-bond acceptors (Lipinski definition) is 2. The van der Waals surface area contributed by atoms with Crippen molar-refractivity contribution in [3.63, 3.8) is 0 Å². The van der Waals surface area contributed by atoms with E-state index in [0.717, 1.165) is 22.7 Å². The molecule has 1 atom stereocenters. The first-order valence-corrected chi connectivity index (χ1v) is 8.60. The van der Waals surface area contributed by atoms with E-state index in [1.807, 2.05) is 47.5 Å². The summed E-state index contributed by atoms with van der Waals surface area (Å²) < 4.78 is 7.16. The van der Waals surface area contributed by atoms with E-state index in [1.54, 1.807) is 7.11 Å². The van der Waals surface area contributed by atoms with E-state index < -0.39 is 0 Å². The van der Waals surface area contributed by atoms with E-state index in [4.69, 9.17) is 16.3 Å². The Bertz CT molecular complexity index is 669. The maximum absolute atomic E-state index is 12.4. The molecule has 5 heteroatoms. The first-order chi connectivity index (χ1) is 11.6. The molecule has 2 aromatic rings. The summed E-state index contributed by atoms with van der Waals surface area (Å²) in [5, 5.41) is 0.756. The number of ether oxygens (including phenoxy) is 1. The van der Waals surface area contributed by atoms with Gasteiger partial charge in [-0.1, -0.05) is 36.7 Å². The molecule has 1 heterocycles. The normalized spacial score (nSPS) is 12.2. The Balaban J connectivity index is 2.18. The van der Waals surface area contributed by atoms with Crippen LogP contribution < -0.4 is 0 Å². The SMILES string of the molecule is CCC(C)N(Cc1cccn1Cc1ccccc1Cl)C(=O)COC. The van der Waals surface area contributed by atoms with Crippen LogP contribution in [0.25, 0.3) is 0 Å². The molecule has 1 aromatic carbocycles. The zero-order chi connectivity index (χ0) is 17.5. The number of carbonyl (C=O) groups is 1. The third-order valence-corrected chi connectivity index (χ3v) is 4.63. The predicted molar refractivity (Wildman–Crippen MR) is 97.2 cm³/mol. The number of carbonyl (C=O) groups excluding carboxylic acids is 1. The molecule has 24 heavy (non-hydrogen) atoms. The van der Waals surface area contributed by atoms with Crippen LogP contribution in [0.5, 0.6) is 0 Å². The summed E-state index contributed by atoms with van der Waals surface area (Å²) >= 11 is 6.27. The van der Waals surface area contributed by atoms with Gasteiger partial charge in [0.1, 0.15) is 6.61 Å². The average molecular weight is 349 g/mol. The van der Waals surface area contributed by atoms with Crippen LogP contribution in [-0.2, 0) is 22.6 Å². The molecule has 0 saturated carbocycles. The summed E-state index contributed by atoms with van der Waals surface area (Å²) in [6.45, 7) is 5.51. The summed E-state index contributed by atoms with van der Waals surface area (Å²) in [5.74, 6) is 0.0114. The van der Waals surface area contributed by atoms with Gasteiger partial charge in [-0.05, 0) is 37.1 Å². The summed E-state index contributed by atoms with van der Waals surface area (Å²) in [7, 11) is 1.55. The highest BCUT2D eigenvalue weighted by atomic mass is 35.5. The van der Waals surface area contributed by atoms with Crippen LogP contribution in [0.15, 0.2) is 42.6 Å². The Kier molecular flexibility index (Phi) is 6.88. The zero-order valence-corrected chi connectivity index (χ0v) is 15.3. The molecule has 0 spiro atoms. The maximum atomic E-state index is 12.4. The Morgan fingerprint density at radius 1 is 1.29 bits per heavy atom. The summed E-state index contributed by atoms with van der Waals surface area (Å²) in [6, 6.07) is 12.0. The summed E-state index contributed by atoms with van der Waals surface area (Å²) in [5.41, 5.74) is 2.15. The van der Waals surface area contributed by atoms with Gasteiger partial charge in [0.15, 0.2) is 0 Å². The fourth-order valence-electron chi connectivity index (χ4n) is 2.65. The quantitative estimate of drug-likeness (QED) is 0.723. The van der Waals surface area contributed by atoms with Crippen molar-refractivity contribution in [2.75, 3.05) is 13.7 Å². The van der Waals surface area contributed by atoms with Crippen LogP contribution in [-0.4, -0.2) is 35.1 Å². The van der Waals surface area contributed by atoms with Crippen LogP contribution in [0.3, 0.4) is 0 Å². The Morgan fingerprint density at radius 3 is 2.71 bits per heavy atom. The fourth-order valence-corrected chi connectivity index (χ4v) is 2.84. The molecule has 2 rings (SSSR count). The monoisotopic (exact) mass is 348 g/mol. The molecular weight excluding hydrogens is 324 g/mol. The number of aromatic nitrogens is 1. The van der Waals surface area contributed by atoms with Crippen molar-refractivity contribution in [3.05, 3.63) is 58.9 Å². The summed E-state index contributed by atoms with van der Waals surface area (Å²) in [6.07, 6.45) is 2.93. The third kappa shape index (κ3) is 4.62. The Labute approximate surface area is 149 Å². The van der Waals surface area contributed by atoms with Crippen molar-refractivity contribution in [1.82, 2.24) is 9.47 Å². The molecule has 0 bridgehead atoms. The maximum Gasteiger partial charge on any atom is 0.249 e. The van der Waals surface area contributed by atoms with E-state index in [-0.39, 0.29) is 18.6 Å². The molecule has 1 amide bonds. The van der Waals surface area contributed by atoms with E-state index in [2.05, 4.69) is 18.4 Å². The van der Waals surface area contributed by atoms with Gasteiger partial charge in [0.05, 0.1) is 6.54 Å². The molecule has 0 fully saturated rings. The van der Waals surface area contributed by atoms with Gasteiger partial charge < -0.3 is 14.2 Å². The second-order valence-electron chi connectivity index (χ2n) is 5.93. The lowest BCUT2D eigenvalue weighted by Gasteiger charge is -2.29. The van der Waals surface area contributed by atoms with Crippen LogP contribution in [0, 0.1) is 0 Å². The minimum absolute atomic E-state index is 0.0114. The van der Waals surface area contributed by atoms with Crippen molar-refractivity contribution in [1.29, 1.82) is 0 Å². The molecule has 0 radical (unpaired) electrons. The minimum Gasteiger partial charge on any atom is -0.375 e. The molecule has 0 N–H and O–H groups in total. The predicted octanol–water partition coefficient (Wildman–Crippen LogP) is 3.96.